The maximum Gasteiger partial charge on any atom is 0.311 e. The van der Waals surface area contributed by atoms with Crippen molar-refractivity contribution in [2.75, 3.05) is 6.54 Å². The van der Waals surface area contributed by atoms with Crippen molar-refractivity contribution in [2.24, 2.45) is 4.99 Å². The molecule has 1 unspecified atom stereocenters. The summed E-state index contributed by atoms with van der Waals surface area (Å²) in [4.78, 5) is 70.8. The maximum absolute atomic E-state index is 13.3. The Kier molecular flexibility index (Phi) is 11.3. The van der Waals surface area contributed by atoms with Crippen molar-refractivity contribution in [1.82, 2.24) is 30.3 Å². The average molecular weight is 784 g/mol. The molecule has 3 aliphatic heterocycles. The molecule has 2 aromatic heterocycles. The number of carbonyl (C=O) groups excluding carboxylic acids is 5. The normalized spacial score (nSPS) is 17.6. The summed E-state index contributed by atoms with van der Waals surface area (Å²) in [6.07, 6.45) is 4.79. The van der Waals surface area contributed by atoms with Gasteiger partial charge >= 0.3 is 5.97 Å². The Morgan fingerprint density at radius 2 is 1.76 bits per heavy atom. The van der Waals surface area contributed by atoms with Gasteiger partial charge in [0.15, 0.2) is 5.82 Å². The van der Waals surface area contributed by atoms with E-state index in [9.17, 15) is 24.0 Å². The zero-order chi connectivity index (χ0) is 38.8. The number of hydrogen-bond acceptors (Lipinski definition) is 10. The highest BCUT2D eigenvalue weighted by Gasteiger charge is 2.40. The number of esters is 1. The van der Waals surface area contributed by atoms with Crippen molar-refractivity contribution < 1.29 is 28.7 Å². The minimum absolute atomic E-state index is 0.119. The van der Waals surface area contributed by atoms with Gasteiger partial charge in [-0.2, -0.15) is 0 Å². The number of amides is 4. The lowest BCUT2D eigenvalue weighted by Crippen LogP contribution is -2.52. The number of aryl methyl sites for hydroxylation is 2. The third kappa shape index (κ3) is 7.97. The van der Waals surface area contributed by atoms with E-state index in [0.717, 1.165) is 58.9 Å². The number of aromatic nitrogens is 3. The van der Waals surface area contributed by atoms with Gasteiger partial charge in [0.25, 0.3) is 5.91 Å². The van der Waals surface area contributed by atoms with Gasteiger partial charge in [-0.05, 0) is 69.9 Å². The number of rotatable bonds is 13. The van der Waals surface area contributed by atoms with Crippen LogP contribution in [0, 0.1) is 20.8 Å². The number of fused-ring (bicyclic) bond motifs is 4. The molecule has 5 heterocycles. The predicted octanol–water partition coefficient (Wildman–Crippen LogP) is 6.01. The monoisotopic (exact) mass is 783 g/mol. The molecule has 0 bridgehead atoms. The zero-order valence-corrected chi connectivity index (χ0v) is 32.5. The minimum atomic E-state index is -0.740. The molecule has 0 spiro atoms. The van der Waals surface area contributed by atoms with Gasteiger partial charge < -0.3 is 15.0 Å². The van der Waals surface area contributed by atoms with Crippen LogP contribution in [0.2, 0.25) is 5.02 Å². The number of thiophene rings is 1. The second-order valence-electron chi connectivity index (χ2n) is 14.1. The van der Waals surface area contributed by atoms with Crippen LogP contribution >= 0.6 is 22.9 Å². The maximum atomic E-state index is 13.3. The van der Waals surface area contributed by atoms with Crippen LogP contribution in [-0.2, 0) is 25.7 Å². The summed E-state index contributed by atoms with van der Waals surface area (Å²) < 4.78 is 7.70. The van der Waals surface area contributed by atoms with Gasteiger partial charge in [-0.25, -0.2) is 0 Å². The van der Waals surface area contributed by atoms with Gasteiger partial charge in [0.2, 0.25) is 17.7 Å². The van der Waals surface area contributed by atoms with Crippen LogP contribution < -0.4 is 15.4 Å². The summed E-state index contributed by atoms with van der Waals surface area (Å²) in [5.41, 5.74) is 4.83. The van der Waals surface area contributed by atoms with Gasteiger partial charge in [-0.3, -0.25) is 38.8 Å². The first-order valence-electron chi connectivity index (χ1n) is 18.6. The molecule has 55 heavy (non-hydrogen) atoms. The number of ether oxygens (including phenoxy) is 1. The summed E-state index contributed by atoms with van der Waals surface area (Å²) in [7, 11) is 0. The molecule has 4 aromatic rings. The third-order valence-electron chi connectivity index (χ3n) is 10.4. The smallest absolute Gasteiger partial charge is 0.311 e. The number of piperidine rings is 1. The van der Waals surface area contributed by atoms with E-state index in [1.807, 2.05) is 35.8 Å². The molecule has 2 N–H and O–H groups in total. The highest BCUT2D eigenvalue weighted by atomic mass is 35.5. The summed E-state index contributed by atoms with van der Waals surface area (Å²) in [5.74, 6) is 0.0235. The highest BCUT2D eigenvalue weighted by Crippen LogP contribution is 2.40. The number of nitrogens with one attached hydrogen (secondary N) is 2. The van der Waals surface area contributed by atoms with Crippen molar-refractivity contribution in [3.8, 4) is 10.8 Å². The molecule has 3 aliphatic rings. The van der Waals surface area contributed by atoms with Crippen molar-refractivity contribution in [1.29, 1.82) is 0 Å². The summed E-state index contributed by atoms with van der Waals surface area (Å²) in [6, 6.07) is 11.3. The van der Waals surface area contributed by atoms with Crippen LogP contribution in [0.25, 0.3) is 5.00 Å². The van der Waals surface area contributed by atoms with Gasteiger partial charge in [0.1, 0.15) is 28.7 Å². The standard InChI is InChI=1S/C40H42ClN7O6S/c1-22-23(2)55-40-35(22)36(25-13-15-26(41)16-14-25)43-29(37-46-45-24(3)48(37)40)20-33(50)42-19-8-6-4-5-7-12-34(51)54-31-11-9-10-27-28(31)21-47(39(27)53)30-17-18-32(49)44-38(30)52/h9-11,13-16,29-30H,4-8,12,17-21H2,1-3H3,(H,42,50)(H,44,49,52)/t29-,30?/m0/s1. The number of aliphatic imine (C=N–C) groups is 1. The molecular weight excluding hydrogens is 742 g/mol. The minimum Gasteiger partial charge on any atom is -0.426 e. The predicted molar refractivity (Wildman–Crippen MR) is 207 cm³/mol. The van der Waals surface area contributed by atoms with Crippen LogP contribution in [0.1, 0.15) is 113 Å². The van der Waals surface area contributed by atoms with E-state index in [-0.39, 0.29) is 55.9 Å². The highest BCUT2D eigenvalue weighted by molar-refractivity contribution is 7.15. The molecule has 0 saturated carbocycles. The Morgan fingerprint density at radius 3 is 2.55 bits per heavy atom. The van der Waals surface area contributed by atoms with Crippen LogP contribution in [0.15, 0.2) is 47.5 Å². The molecule has 286 valence electrons. The molecule has 0 aliphatic carbocycles. The first-order valence-corrected chi connectivity index (χ1v) is 19.8. The van der Waals surface area contributed by atoms with Crippen molar-refractivity contribution in [2.45, 2.75) is 97.2 Å². The molecule has 15 heteroatoms. The topological polar surface area (TPSA) is 165 Å². The van der Waals surface area contributed by atoms with Gasteiger partial charge in [-0.15, -0.1) is 21.5 Å². The van der Waals surface area contributed by atoms with Crippen molar-refractivity contribution in [3.63, 3.8) is 0 Å². The summed E-state index contributed by atoms with van der Waals surface area (Å²) in [6.45, 7) is 6.75. The Morgan fingerprint density at radius 1 is 1.00 bits per heavy atom. The van der Waals surface area contributed by atoms with E-state index in [4.69, 9.17) is 21.3 Å². The molecule has 4 amide bonds. The number of benzene rings is 2. The molecule has 13 nitrogen and oxygen atoms in total. The fraction of sp³-hybridized carbons (Fsp3) is 0.400. The fourth-order valence-corrected chi connectivity index (χ4v) is 8.70. The first kappa shape index (κ1) is 38.1. The van der Waals surface area contributed by atoms with E-state index in [2.05, 4.69) is 34.7 Å². The van der Waals surface area contributed by atoms with E-state index in [1.165, 1.54) is 9.78 Å². The zero-order valence-electron chi connectivity index (χ0n) is 30.9. The van der Waals surface area contributed by atoms with Crippen molar-refractivity contribution in [3.05, 3.63) is 91.8 Å². The quantitative estimate of drug-likeness (QED) is 0.0720. The second kappa shape index (κ2) is 16.3. The Balaban J connectivity index is 0.869. The average Bonchev–Trinajstić information content (AvgIpc) is 3.77. The number of unbranched alkanes of at least 4 members (excludes halogenated alkanes) is 4. The Hall–Kier alpha value is -5.21. The lowest BCUT2D eigenvalue weighted by molar-refractivity contribution is -0.137. The number of imide groups is 1. The molecule has 2 aromatic carbocycles. The van der Waals surface area contributed by atoms with Gasteiger partial charge in [0, 0.05) is 51.5 Å². The Bertz CT molecular complexity index is 2210. The van der Waals surface area contributed by atoms with Crippen LogP contribution in [0.4, 0.5) is 0 Å². The van der Waals surface area contributed by atoms with Crippen LogP contribution in [-0.4, -0.2) is 67.6 Å². The lowest BCUT2D eigenvalue weighted by atomic mass is 9.99. The number of nitrogens with zero attached hydrogens (tertiary/aromatic N) is 5. The van der Waals surface area contributed by atoms with Gasteiger partial charge in [-0.1, -0.05) is 49.1 Å². The van der Waals surface area contributed by atoms with E-state index in [0.29, 0.717) is 40.7 Å². The number of hydrogen-bond donors (Lipinski definition) is 2. The fourth-order valence-electron chi connectivity index (χ4n) is 7.36. The molecule has 1 saturated heterocycles. The van der Waals surface area contributed by atoms with E-state index in [1.54, 1.807) is 29.5 Å². The number of carbonyl (C=O) groups is 5. The molecule has 0 radical (unpaired) electrons. The van der Waals surface area contributed by atoms with Crippen LogP contribution in [0.3, 0.4) is 0 Å². The second-order valence-corrected chi connectivity index (χ2v) is 15.8. The third-order valence-corrected chi connectivity index (χ3v) is 11.8. The molecule has 2 atom stereocenters. The molecule has 1 fully saturated rings. The van der Waals surface area contributed by atoms with Gasteiger partial charge in [0.05, 0.1) is 18.7 Å². The SMILES string of the molecule is Cc1sc2c(c1C)C(c1ccc(Cl)cc1)=N[C@@H](CC(=O)NCCCCCCCC(=O)Oc1cccc3c1CN(C1CCC(=O)NC1=O)C3=O)c1nnc(C)n1-2. The lowest BCUT2D eigenvalue weighted by Gasteiger charge is -2.29. The summed E-state index contributed by atoms with van der Waals surface area (Å²) >= 11 is 7.89. The Labute approximate surface area is 327 Å². The number of halogens is 1. The van der Waals surface area contributed by atoms with Crippen LogP contribution in [0.5, 0.6) is 5.75 Å². The summed E-state index contributed by atoms with van der Waals surface area (Å²) in [5, 5.41) is 15.8. The van der Waals surface area contributed by atoms with E-state index < -0.39 is 18.0 Å². The molecule has 7 rings (SSSR count). The van der Waals surface area contributed by atoms with Crippen molar-refractivity contribution >= 4 is 58.2 Å². The van der Waals surface area contributed by atoms with E-state index >= 15 is 0 Å². The first-order chi connectivity index (χ1) is 26.5. The molecular formula is C40H42ClN7O6S. The largest absolute Gasteiger partial charge is 0.426 e.